The predicted octanol–water partition coefficient (Wildman–Crippen LogP) is -0.342. The molecule has 0 aliphatic heterocycles. The number of amides is 1. The molecule has 22 heavy (non-hydrogen) atoms. The van der Waals surface area contributed by atoms with Crippen molar-refractivity contribution in [3.63, 3.8) is 0 Å². The van der Waals surface area contributed by atoms with E-state index in [-0.39, 0.29) is 47.3 Å². The second-order valence-corrected chi connectivity index (χ2v) is 6.36. The van der Waals surface area contributed by atoms with Crippen molar-refractivity contribution in [2.45, 2.75) is 85.1 Å². The third kappa shape index (κ3) is 11.5. The molecular formula is C17H32NNaO3. The van der Waals surface area contributed by atoms with Crippen LogP contribution in [0.25, 0.3) is 0 Å². The minimum Gasteiger partial charge on any atom is -0.548 e. The zero-order chi connectivity index (χ0) is 16.3. The molecule has 0 aliphatic carbocycles. The van der Waals surface area contributed by atoms with E-state index in [1.807, 2.05) is 6.92 Å². The summed E-state index contributed by atoms with van der Waals surface area (Å²) in [5.41, 5.74) is 0. The molecule has 0 aromatic carbocycles. The zero-order valence-corrected chi connectivity index (χ0v) is 17.1. The number of hydrogen-bond donors (Lipinski definition) is 1. The molecule has 0 radical (unpaired) electrons. The molecule has 0 aromatic heterocycles. The fourth-order valence-corrected chi connectivity index (χ4v) is 2.33. The molecule has 0 heterocycles. The normalized spacial score (nSPS) is 13.3. The van der Waals surface area contributed by atoms with Crippen molar-refractivity contribution in [2.75, 3.05) is 0 Å². The van der Waals surface area contributed by atoms with Crippen LogP contribution >= 0.6 is 0 Å². The van der Waals surface area contributed by atoms with Crippen molar-refractivity contribution in [2.24, 2.45) is 11.8 Å². The third-order valence-corrected chi connectivity index (χ3v) is 3.91. The Labute approximate surface area is 158 Å². The maximum atomic E-state index is 12.0. The number of unbranched alkanes of at least 4 members (excludes halogenated alkanes) is 6. The van der Waals surface area contributed by atoms with E-state index in [1.54, 1.807) is 13.8 Å². The maximum absolute atomic E-state index is 12.0. The summed E-state index contributed by atoms with van der Waals surface area (Å²) in [6, 6.07) is -0.894. The van der Waals surface area contributed by atoms with Crippen LogP contribution in [-0.2, 0) is 9.59 Å². The van der Waals surface area contributed by atoms with Crippen molar-refractivity contribution < 1.29 is 44.3 Å². The Balaban J connectivity index is 0. The average molecular weight is 321 g/mol. The quantitative estimate of drug-likeness (QED) is 0.395. The molecular weight excluding hydrogens is 289 g/mol. The van der Waals surface area contributed by atoms with Crippen molar-refractivity contribution in [3.8, 4) is 0 Å². The first-order valence-corrected chi connectivity index (χ1v) is 8.41. The van der Waals surface area contributed by atoms with Crippen LogP contribution in [0.2, 0.25) is 0 Å². The first-order chi connectivity index (χ1) is 9.90. The van der Waals surface area contributed by atoms with Crippen LogP contribution in [0.5, 0.6) is 0 Å². The van der Waals surface area contributed by atoms with Gasteiger partial charge in [0.05, 0.1) is 12.0 Å². The average Bonchev–Trinajstić information content (AvgIpc) is 2.42. The van der Waals surface area contributed by atoms with Gasteiger partial charge in [-0.05, 0) is 12.3 Å². The molecule has 0 aliphatic rings. The molecule has 2 atom stereocenters. The van der Waals surface area contributed by atoms with Gasteiger partial charge in [0.2, 0.25) is 5.91 Å². The van der Waals surface area contributed by atoms with Crippen LogP contribution in [0.15, 0.2) is 0 Å². The Morgan fingerprint density at radius 2 is 1.45 bits per heavy atom. The van der Waals surface area contributed by atoms with Gasteiger partial charge >= 0.3 is 29.6 Å². The van der Waals surface area contributed by atoms with Crippen LogP contribution in [0.3, 0.4) is 0 Å². The van der Waals surface area contributed by atoms with Gasteiger partial charge in [0.15, 0.2) is 0 Å². The fourth-order valence-electron chi connectivity index (χ4n) is 2.33. The Hall–Kier alpha value is -0.0600. The van der Waals surface area contributed by atoms with Gasteiger partial charge in [-0.25, -0.2) is 0 Å². The van der Waals surface area contributed by atoms with Gasteiger partial charge in [-0.3, -0.25) is 4.79 Å². The Kier molecular flexibility index (Phi) is 16.0. The minimum absolute atomic E-state index is 0. The van der Waals surface area contributed by atoms with Crippen LogP contribution in [-0.4, -0.2) is 17.9 Å². The summed E-state index contributed by atoms with van der Waals surface area (Å²) in [6.07, 6.45) is 9.35. The molecule has 0 spiro atoms. The molecule has 0 aromatic rings. The van der Waals surface area contributed by atoms with E-state index in [0.29, 0.717) is 0 Å². The molecule has 0 saturated carbocycles. The monoisotopic (exact) mass is 321 g/mol. The van der Waals surface area contributed by atoms with Crippen molar-refractivity contribution >= 4 is 11.9 Å². The Morgan fingerprint density at radius 1 is 0.955 bits per heavy atom. The fraction of sp³-hybridized carbons (Fsp3) is 0.882. The summed E-state index contributed by atoms with van der Waals surface area (Å²) < 4.78 is 0. The van der Waals surface area contributed by atoms with Crippen molar-refractivity contribution in [1.29, 1.82) is 0 Å². The summed E-state index contributed by atoms with van der Waals surface area (Å²) >= 11 is 0. The first-order valence-electron chi connectivity index (χ1n) is 8.41. The number of nitrogens with one attached hydrogen (secondary N) is 1. The summed E-state index contributed by atoms with van der Waals surface area (Å²) in [5.74, 6) is -1.68. The number of carboxylic acid groups (broad SMARTS) is 1. The van der Waals surface area contributed by atoms with Gasteiger partial charge in [-0.15, -0.1) is 0 Å². The molecule has 5 heteroatoms. The number of carbonyl (C=O) groups excluding carboxylic acids is 2. The predicted molar refractivity (Wildman–Crippen MR) is 83.5 cm³/mol. The molecule has 124 valence electrons. The van der Waals surface area contributed by atoms with Gasteiger partial charge in [0.25, 0.3) is 0 Å². The summed E-state index contributed by atoms with van der Waals surface area (Å²) in [7, 11) is 0. The molecule has 0 rings (SSSR count). The van der Waals surface area contributed by atoms with Gasteiger partial charge in [0.1, 0.15) is 0 Å². The standard InChI is InChI=1S/C17H33NO3.Na/c1-5-6-7-8-9-10-11-12-14(4)16(19)18-15(13(2)3)17(20)21;/h13-15H,5-12H2,1-4H3,(H,18,19)(H,20,21);/q;+1/p-1/t14?,15-;/m0./s1. The molecule has 1 unspecified atom stereocenters. The topological polar surface area (TPSA) is 69.2 Å². The van der Waals surface area contributed by atoms with E-state index in [0.717, 1.165) is 19.3 Å². The van der Waals surface area contributed by atoms with Gasteiger partial charge in [0, 0.05) is 5.92 Å². The summed E-state index contributed by atoms with van der Waals surface area (Å²) in [5, 5.41) is 13.5. The SMILES string of the molecule is CCCCCCCCCC(C)C(=O)N[C@H](C(=O)[O-])C(C)C.[Na+]. The number of carboxylic acids is 1. The number of aliphatic carboxylic acids is 1. The third-order valence-electron chi connectivity index (χ3n) is 3.91. The number of hydrogen-bond acceptors (Lipinski definition) is 3. The summed E-state index contributed by atoms with van der Waals surface area (Å²) in [4.78, 5) is 22.9. The van der Waals surface area contributed by atoms with Crippen LogP contribution in [0.1, 0.15) is 79.1 Å². The zero-order valence-electron chi connectivity index (χ0n) is 15.1. The Morgan fingerprint density at radius 3 is 1.91 bits per heavy atom. The van der Waals surface area contributed by atoms with E-state index in [2.05, 4.69) is 12.2 Å². The smallest absolute Gasteiger partial charge is 0.548 e. The van der Waals surface area contributed by atoms with E-state index in [4.69, 9.17) is 0 Å². The van der Waals surface area contributed by atoms with Gasteiger partial charge < -0.3 is 15.2 Å². The first kappa shape index (κ1) is 24.2. The van der Waals surface area contributed by atoms with E-state index >= 15 is 0 Å². The molecule has 0 bridgehead atoms. The maximum Gasteiger partial charge on any atom is 1.00 e. The van der Waals surface area contributed by atoms with Crippen LogP contribution in [0.4, 0.5) is 0 Å². The molecule has 0 saturated heterocycles. The van der Waals surface area contributed by atoms with E-state index < -0.39 is 12.0 Å². The van der Waals surface area contributed by atoms with Crippen LogP contribution < -0.4 is 40.0 Å². The molecule has 4 nitrogen and oxygen atoms in total. The Bertz CT molecular complexity index is 308. The van der Waals surface area contributed by atoms with Crippen LogP contribution in [0, 0.1) is 11.8 Å². The number of carbonyl (C=O) groups is 2. The number of rotatable bonds is 12. The molecule has 1 N–H and O–H groups in total. The molecule has 0 fully saturated rings. The molecule has 1 amide bonds. The van der Waals surface area contributed by atoms with Crippen molar-refractivity contribution in [1.82, 2.24) is 5.32 Å². The van der Waals surface area contributed by atoms with Gasteiger partial charge in [-0.1, -0.05) is 72.6 Å². The van der Waals surface area contributed by atoms with E-state index in [1.165, 1.54) is 32.1 Å². The largest absolute Gasteiger partial charge is 1.00 e. The van der Waals surface area contributed by atoms with Gasteiger partial charge in [-0.2, -0.15) is 0 Å². The van der Waals surface area contributed by atoms with Crippen molar-refractivity contribution in [3.05, 3.63) is 0 Å². The minimum atomic E-state index is -1.21. The second-order valence-electron chi connectivity index (χ2n) is 6.36. The second kappa shape index (κ2) is 14.5. The van der Waals surface area contributed by atoms with E-state index in [9.17, 15) is 14.7 Å². The summed E-state index contributed by atoms with van der Waals surface area (Å²) in [6.45, 7) is 7.60.